The van der Waals surface area contributed by atoms with Gasteiger partial charge in [-0.05, 0) is 26.2 Å². The molecule has 0 atom stereocenters. The number of nitrogens with zero attached hydrogens (tertiary/aromatic N) is 1. The molecule has 0 spiro atoms. The zero-order valence-electron chi connectivity index (χ0n) is 6.26. The highest BCUT2D eigenvalue weighted by Gasteiger charge is 2.25. The fourth-order valence-electron chi connectivity index (χ4n) is 1.27. The summed E-state index contributed by atoms with van der Waals surface area (Å²) in [7, 11) is 0. The summed E-state index contributed by atoms with van der Waals surface area (Å²) in [5, 5.41) is 0. The van der Waals surface area contributed by atoms with Crippen molar-refractivity contribution in [3.05, 3.63) is 0 Å². The zero-order chi connectivity index (χ0) is 7.56. The van der Waals surface area contributed by atoms with Crippen LogP contribution in [0.1, 0.15) is 26.2 Å². The lowest BCUT2D eigenvalue weighted by Gasteiger charge is -2.35. The molecule has 1 aliphatic rings. The zero-order valence-corrected chi connectivity index (χ0v) is 6.26. The lowest BCUT2D eigenvalue weighted by molar-refractivity contribution is 0.149. The van der Waals surface area contributed by atoms with Gasteiger partial charge in [0.05, 0.1) is 0 Å². The van der Waals surface area contributed by atoms with Crippen LogP contribution in [-0.4, -0.2) is 23.5 Å². The molecular weight excluding hydrogens is 128 g/mol. The van der Waals surface area contributed by atoms with E-state index in [1.165, 1.54) is 6.42 Å². The Bertz CT molecular complexity index is 132. The molecule has 2 amide bonds. The molecule has 1 rings (SSSR count). The van der Waals surface area contributed by atoms with E-state index in [1.807, 2.05) is 6.92 Å². The van der Waals surface area contributed by atoms with E-state index in [2.05, 4.69) is 0 Å². The van der Waals surface area contributed by atoms with Crippen LogP contribution in [0, 0.1) is 0 Å². The highest BCUT2D eigenvalue weighted by molar-refractivity contribution is 5.71. The molecule has 10 heavy (non-hydrogen) atoms. The average molecular weight is 141 g/mol. The number of hydrogen-bond acceptors (Lipinski definition) is 1. The molecule has 1 fully saturated rings. The van der Waals surface area contributed by atoms with Gasteiger partial charge in [0, 0.05) is 12.6 Å². The van der Waals surface area contributed by atoms with E-state index in [1.54, 1.807) is 4.90 Å². The average Bonchev–Trinajstić information content (AvgIpc) is 1.76. The van der Waals surface area contributed by atoms with Gasteiger partial charge in [-0.15, -0.1) is 0 Å². The standard InChI is InChI=1S/C7H13N2O/c1-2-9(7(8)10)6-4-3-5-6/h6,8H,2-5H2,1H3. The second-order valence-electron chi connectivity index (χ2n) is 2.68. The molecule has 0 aromatic rings. The van der Waals surface area contributed by atoms with Crippen molar-refractivity contribution >= 4 is 6.03 Å². The predicted molar refractivity (Wildman–Crippen MR) is 38.5 cm³/mol. The van der Waals surface area contributed by atoms with Gasteiger partial charge in [-0.1, -0.05) is 0 Å². The Hall–Kier alpha value is -0.730. The highest BCUT2D eigenvalue weighted by Crippen LogP contribution is 2.24. The van der Waals surface area contributed by atoms with Gasteiger partial charge in [-0.25, -0.2) is 10.5 Å². The van der Waals surface area contributed by atoms with Gasteiger partial charge in [0.2, 0.25) is 0 Å². The van der Waals surface area contributed by atoms with E-state index in [-0.39, 0.29) is 0 Å². The summed E-state index contributed by atoms with van der Waals surface area (Å²) in [6.45, 7) is 2.61. The first kappa shape index (κ1) is 7.38. The molecule has 3 nitrogen and oxygen atoms in total. The van der Waals surface area contributed by atoms with Crippen molar-refractivity contribution in [2.24, 2.45) is 0 Å². The molecule has 0 aliphatic heterocycles. The molecule has 0 aromatic heterocycles. The second kappa shape index (κ2) is 2.90. The molecule has 0 heterocycles. The number of nitrogens with one attached hydrogen (secondary N) is 1. The Kier molecular flexibility index (Phi) is 2.14. The van der Waals surface area contributed by atoms with E-state index in [0.717, 1.165) is 12.8 Å². The molecule has 0 aromatic carbocycles. The Balaban J connectivity index is 2.39. The van der Waals surface area contributed by atoms with Crippen molar-refractivity contribution in [3.63, 3.8) is 0 Å². The predicted octanol–water partition coefficient (Wildman–Crippen LogP) is 1.26. The fraction of sp³-hybridized carbons (Fsp3) is 0.857. The number of carbonyl (C=O) groups is 1. The molecule has 57 valence electrons. The lowest BCUT2D eigenvalue weighted by Crippen LogP contribution is -2.43. The van der Waals surface area contributed by atoms with Gasteiger partial charge >= 0.3 is 6.03 Å². The number of rotatable bonds is 2. The molecule has 0 unspecified atom stereocenters. The summed E-state index contributed by atoms with van der Waals surface area (Å²) < 4.78 is 0. The monoisotopic (exact) mass is 141 g/mol. The summed E-state index contributed by atoms with van der Waals surface area (Å²) in [4.78, 5) is 12.2. The second-order valence-corrected chi connectivity index (χ2v) is 2.68. The molecule has 1 radical (unpaired) electrons. The fourth-order valence-corrected chi connectivity index (χ4v) is 1.27. The van der Waals surface area contributed by atoms with Crippen LogP contribution < -0.4 is 5.73 Å². The first-order chi connectivity index (χ1) is 4.75. The van der Waals surface area contributed by atoms with Crippen LogP contribution in [0.15, 0.2) is 0 Å². The molecule has 3 heteroatoms. The summed E-state index contributed by atoms with van der Waals surface area (Å²) in [6.07, 6.45) is 3.41. The number of urea groups is 1. The van der Waals surface area contributed by atoms with Crippen molar-refractivity contribution in [1.82, 2.24) is 10.6 Å². The van der Waals surface area contributed by atoms with Gasteiger partial charge in [0.15, 0.2) is 0 Å². The van der Waals surface area contributed by atoms with E-state index < -0.39 is 6.03 Å². The molecular formula is C7H13N2O. The van der Waals surface area contributed by atoms with Gasteiger partial charge in [0.25, 0.3) is 0 Å². The summed E-state index contributed by atoms with van der Waals surface area (Å²) in [5.41, 5.74) is 6.89. The maximum Gasteiger partial charge on any atom is 0.336 e. The maximum absolute atomic E-state index is 10.6. The lowest BCUT2D eigenvalue weighted by atomic mass is 9.92. The van der Waals surface area contributed by atoms with Crippen LogP contribution in [0.5, 0.6) is 0 Å². The topological polar surface area (TPSA) is 44.1 Å². The van der Waals surface area contributed by atoms with Gasteiger partial charge < -0.3 is 4.90 Å². The van der Waals surface area contributed by atoms with Crippen molar-refractivity contribution in [3.8, 4) is 0 Å². The van der Waals surface area contributed by atoms with E-state index >= 15 is 0 Å². The minimum Gasteiger partial charge on any atom is -0.321 e. The first-order valence-corrected chi connectivity index (χ1v) is 3.78. The van der Waals surface area contributed by atoms with E-state index in [4.69, 9.17) is 5.73 Å². The van der Waals surface area contributed by atoms with Gasteiger partial charge in [-0.2, -0.15) is 0 Å². The third-order valence-electron chi connectivity index (χ3n) is 2.12. The molecule has 0 saturated heterocycles. The van der Waals surface area contributed by atoms with Crippen LogP contribution in [0.25, 0.3) is 0 Å². The number of carbonyl (C=O) groups excluding carboxylic acids is 1. The summed E-state index contributed by atoms with van der Waals surface area (Å²) in [5.74, 6) is 0. The smallest absolute Gasteiger partial charge is 0.321 e. The Morgan fingerprint density at radius 1 is 1.70 bits per heavy atom. The van der Waals surface area contributed by atoms with Crippen molar-refractivity contribution in [1.29, 1.82) is 0 Å². The third-order valence-corrected chi connectivity index (χ3v) is 2.12. The van der Waals surface area contributed by atoms with Crippen LogP contribution in [0.4, 0.5) is 4.79 Å². The first-order valence-electron chi connectivity index (χ1n) is 3.78. The normalized spacial score (nSPS) is 18.1. The molecule has 1 saturated carbocycles. The maximum atomic E-state index is 10.6. The largest absolute Gasteiger partial charge is 0.336 e. The van der Waals surface area contributed by atoms with Crippen molar-refractivity contribution < 1.29 is 4.79 Å². The number of hydrogen-bond donors (Lipinski definition) is 0. The highest BCUT2D eigenvalue weighted by atomic mass is 16.2. The molecule has 1 aliphatic carbocycles. The summed E-state index contributed by atoms with van der Waals surface area (Å²) in [6, 6.07) is -0.137. The minimum atomic E-state index is -0.521. The quantitative estimate of drug-likeness (QED) is 0.571. The Morgan fingerprint density at radius 2 is 2.30 bits per heavy atom. The third kappa shape index (κ3) is 1.23. The van der Waals surface area contributed by atoms with E-state index in [0.29, 0.717) is 12.6 Å². The Labute approximate surface area is 61.2 Å². The van der Waals surface area contributed by atoms with Gasteiger partial charge in [0.1, 0.15) is 0 Å². The van der Waals surface area contributed by atoms with Crippen LogP contribution in [0.2, 0.25) is 0 Å². The van der Waals surface area contributed by atoms with Crippen LogP contribution in [-0.2, 0) is 0 Å². The molecule has 0 bridgehead atoms. The van der Waals surface area contributed by atoms with Crippen LogP contribution in [0.3, 0.4) is 0 Å². The SMILES string of the molecule is CCN(C([NH])=O)C1CCC1. The van der Waals surface area contributed by atoms with Crippen molar-refractivity contribution in [2.75, 3.05) is 6.54 Å². The molecule has 1 N–H and O–H groups in total. The van der Waals surface area contributed by atoms with E-state index in [9.17, 15) is 4.79 Å². The Morgan fingerprint density at radius 3 is 2.40 bits per heavy atom. The van der Waals surface area contributed by atoms with Gasteiger partial charge in [-0.3, -0.25) is 0 Å². The summed E-state index contributed by atoms with van der Waals surface area (Å²) >= 11 is 0. The van der Waals surface area contributed by atoms with Crippen molar-refractivity contribution in [2.45, 2.75) is 32.2 Å². The minimum absolute atomic E-state index is 0.384. The number of amides is 2. The van der Waals surface area contributed by atoms with Crippen LogP contribution >= 0.6 is 0 Å².